The Labute approximate surface area is 93.0 Å². The lowest BCUT2D eigenvalue weighted by molar-refractivity contribution is -0.137. The SMILES string of the molecule is CCCCCCC=C/C=C/C(=O)OCC. The van der Waals surface area contributed by atoms with Gasteiger partial charge >= 0.3 is 5.97 Å². The lowest BCUT2D eigenvalue weighted by Crippen LogP contribution is -1.98. The fourth-order valence-electron chi connectivity index (χ4n) is 1.19. The molecule has 0 saturated carbocycles. The lowest BCUT2D eigenvalue weighted by Gasteiger charge is -1.93. The van der Waals surface area contributed by atoms with Gasteiger partial charge in [0.05, 0.1) is 6.61 Å². The van der Waals surface area contributed by atoms with Crippen molar-refractivity contribution >= 4 is 5.97 Å². The van der Waals surface area contributed by atoms with Crippen molar-refractivity contribution in [2.45, 2.75) is 46.0 Å². The summed E-state index contributed by atoms with van der Waals surface area (Å²) in [4.78, 5) is 10.9. The van der Waals surface area contributed by atoms with Crippen molar-refractivity contribution in [3.63, 3.8) is 0 Å². The topological polar surface area (TPSA) is 26.3 Å². The average Bonchev–Trinajstić information content (AvgIpc) is 2.22. The summed E-state index contributed by atoms with van der Waals surface area (Å²) in [5, 5.41) is 0. The van der Waals surface area contributed by atoms with E-state index in [9.17, 15) is 4.79 Å². The van der Waals surface area contributed by atoms with Crippen molar-refractivity contribution in [2.24, 2.45) is 0 Å². The maximum Gasteiger partial charge on any atom is 0.330 e. The molecule has 0 N–H and O–H groups in total. The molecule has 0 fully saturated rings. The van der Waals surface area contributed by atoms with Gasteiger partial charge in [-0.15, -0.1) is 0 Å². The highest BCUT2D eigenvalue weighted by molar-refractivity contribution is 5.82. The number of allylic oxidation sites excluding steroid dienone is 3. The van der Waals surface area contributed by atoms with Gasteiger partial charge in [-0.3, -0.25) is 0 Å². The van der Waals surface area contributed by atoms with Gasteiger partial charge in [0.25, 0.3) is 0 Å². The summed E-state index contributed by atoms with van der Waals surface area (Å²) < 4.78 is 4.74. The van der Waals surface area contributed by atoms with Crippen molar-refractivity contribution in [3.05, 3.63) is 24.3 Å². The predicted molar refractivity (Wildman–Crippen MR) is 63.7 cm³/mol. The first-order valence-electron chi connectivity index (χ1n) is 5.81. The molecule has 0 aliphatic heterocycles. The van der Waals surface area contributed by atoms with Crippen LogP contribution in [0.2, 0.25) is 0 Å². The van der Waals surface area contributed by atoms with Gasteiger partial charge in [-0.1, -0.05) is 44.4 Å². The minimum Gasteiger partial charge on any atom is -0.463 e. The number of rotatable bonds is 8. The van der Waals surface area contributed by atoms with Gasteiger partial charge < -0.3 is 4.74 Å². The van der Waals surface area contributed by atoms with Crippen LogP contribution in [0.15, 0.2) is 24.3 Å². The number of unbranched alkanes of at least 4 members (excludes halogenated alkanes) is 4. The van der Waals surface area contributed by atoms with Crippen LogP contribution in [-0.2, 0) is 9.53 Å². The van der Waals surface area contributed by atoms with Gasteiger partial charge in [0.15, 0.2) is 0 Å². The molecular formula is C13H22O2. The summed E-state index contributed by atoms with van der Waals surface area (Å²) in [7, 11) is 0. The molecule has 0 amide bonds. The summed E-state index contributed by atoms with van der Waals surface area (Å²) >= 11 is 0. The summed E-state index contributed by atoms with van der Waals surface area (Å²) in [6.45, 7) is 4.44. The number of esters is 1. The Balaban J connectivity index is 3.40. The van der Waals surface area contributed by atoms with E-state index in [2.05, 4.69) is 13.0 Å². The van der Waals surface area contributed by atoms with Crippen LogP contribution in [0.1, 0.15) is 46.0 Å². The number of hydrogen-bond acceptors (Lipinski definition) is 2. The maximum absolute atomic E-state index is 10.9. The zero-order valence-corrected chi connectivity index (χ0v) is 9.87. The third-order valence-corrected chi connectivity index (χ3v) is 1.99. The maximum atomic E-state index is 10.9. The monoisotopic (exact) mass is 210 g/mol. The number of carbonyl (C=O) groups is 1. The smallest absolute Gasteiger partial charge is 0.330 e. The largest absolute Gasteiger partial charge is 0.463 e. The van der Waals surface area contributed by atoms with Crippen molar-refractivity contribution in [2.75, 3.05) is 6.61 Å². The van der Waals surface area contributed by atoms with Gasteiger partial charge in [-0.2, -0.15) is 0 Å². The molecule has 0 spiro atoms. The number of hydrogen-bond donors (Lipinski definition) is 0. The Morgan fingerprint density at radius 1 is 1.13 bits per heavy atom. The van der Waals surface area contributed by atoms with Gasteiger partial charge in [0.1, 0.15) is 0 Å². The highest BCUT2D eigenvalue weighted by Crippen LogP contribution is 2.02. The first kappa shape index (κ1) is 13.9. The molecule has 0 heterocycles. The third kappa shape index (κ3) is 10.9. The molecule has 0 aromatic heterocycles. The van der Waals surface area contributed by atoms with E-state index in [0.29, 0.717) is 6.61 Å². The Morgan fingerprint density at radius 3 is 2.60 bits per heavy atom. The lowest BCUT2D eigenvalue weighted by atomic mass is 10.1. The molecule has 15 heavy (non-hydrogen) atoms. The van der Waals surface area contributed by atoms with Crippen LogP contribution in [0.25, 0.3) is 0 Å². The van der Waals surface area contributed by atoms with Gasteiger partial charge in [-0.05, 0) is 19.8 Å². The van der Waals surface area contributed by atoms with E-state index < -0.39 is 0 Å². The van der Waals surface area contributed by atoms with E-state index in [1.807, 2.05) is 6.08 Å². The van der Waals surface area contributed by atoms with Gasteiger partial charge in [0.2, 0.25) is 0 Å². The Hall–Kier alpha value is -1.05. The van der Waals surface area contributed by atoms with Crippen molar-refractivity contribution < 1.29 is 9.53 Å². The van der Waals surface area contributed by atoms with Crippen LogP contribution in [0.4, 0.5) is 0 Å². The van der Waals surface area contributed by atoms with Crippen LogP contribution in [0, 0.1) is 0 Å². The molecule has 0 aliphatic rings. The summed E-state index contributed by atoms with van der Waals surface area (Å²) in [6.07, 6.45) is 13.4. The Bertz CT molecular complexity index is 205. The number of carbonyl (C=O) groups excluding carboxylic acids is 1. The molecule has 2 heteroatoms. The van der Waals surface area contributed by atoms with Crippen molar-refractivity contribution in [1.29, 1.82) is 0 Å². The second-order valence-corrected chi connectivity index (χ2v) is 3.39. The van der Waals surface area contributed by atoms with E-state index in [0.717, 1.165) is 6.42 Å². The van der Waals surface area contributed by atoms with Gasteiger partial charge in [-0.25, -0.2) is 4.79 Å². The molecule has 86 valence electrons. The van der Waals surface area contributed by atoms with Crippen LogP contribution < -0.4 is 0 Å². The van der Waals surface area contributed by atoms with Crippen LogP contribution in [0.5, 0.6) is 0 Å². The second-order valence-electron chi connectivity index (χ2n) is 3.39. The normalized spacial score (nSPS) is 11.3. The highest BCUT2D eigenvalue weighted by atomic mass is 16.5. The van der Waals surface area contributed by atoms with E-state index in [-0.39, 0.29) is 5.97 Å². The molecule has 0 aliphatic carbocycles. The fraction of sp³-hybridized carbons (Fsp3) is 0.615. The Kier molecular flexibility index (Phi) is 10.3. The minimum atomic E-state index is -0.270. The summed E-state index contributed by atoms with van der Waals surface area (Å²) in [5.74, 6) is -0.270. The van der Waals surface area contributed by atoms with Crippen LogP contribution in [-0.4, -0.2) is 12.6 Å². The predicted octanol–water partition coefficient (Wildman–Crippen LogP) is 3.63. The molecule has 0 rings (SSSR count). The van der Waals surface area contributed by atoms with Crippen molar-refractivity contribution in [1.82, 2.24) is 0 Å². The molecular weight excluding hydrogens is 188 g/mol. The zero-order valence-electron chi connectivity index (χ0n) is 9.87. The number of ether oxygens (including phenoxy) is 1. The molecule has 0 radical (unpaired) electrons. The summed E-state index contributed by atoms with van der Waals surface area (Å²) in [5.41, 5.74) is 0. The molecule has 0 unspecified atom stereocenters. The third-order valence-electron chi connectivity index (χ3n) is 1.99. The zero-order chi connectivity index (χ0) is 11.4. The molecule has 0 saturated heterocycles. The minimum absolute atomic E-state index is 0.270. The first-order chi connectivity index (χ1) is 7.31. The fourth-order valence-corrected chi connectivity index (χ4v) is 1.19. The highest BCUT2D eigenvalue weighted by Gasteiger charge is 1.89. The average molecular weight is 210 g/mol. The summed E-state index contributed by atoms with van der Waals surface area (Å²) in [6, 6.07) is 0. The van der Waals surface area contributed by atoms with E-state index >= 15 is 0 Å². The molecule has 2 nitrogen and oxygen atoms in total. The van der Waals surface area contributed by atoms with Gasteiger partial charge in [0, 0.05) is 6.08 Å². The van der Waals surface area contributed by atoms with Crippen molar-refractivity contribution in [3.8, 4) is 0 Å². The molecule has 0 bridgehead atoms. The molecule has 0 aromatic carbocycles. The molecule has 0 atom stereocenters. The second kappa shape index (κ2) is 11.0. The molecule has 0 aromatic rings. The standard InChI is InChI=1S/C13H22O2/c1-3-5-6-7-8-9-10-11-12-13(14)15-4-2/h9-12H,3-8H2,1-2H3/b10-9?,12-11+. The Morgan fingerprint density at radius 2 is 1.93 bits per heavy atom. The van der Waals surface area contributed by atoms with E-state index in [1.165, 1.54) is 31.8 Å². The van der Waals surface area contributed by atoms with E-state index in [1.54, 1.807) is 13.0 Å². The quantitative estimate of drug-likeness (QED) is 0.265. The van der Waals surface area contributed by atoms with Crippen LogP contribution in [0.3, 0.4) is 0 Å². The first-order valence-corrected chi connectivity index (χ1v) is 5.81. The van der Waals surface area contributed by atoms with E-state index in [4.69, 9.17) is 4.74 Å². The van der Waals surface area contributed by atoms with Crippen LogP contribution >= 0.6 is 0 Å².